The fraction of sp³-hybridized carbons (Fsp3) is 0.333. The lowest BCUT2D eigenvalue weighted by Gasteiger charge is -2.30. The summed E-state index contributed by atoms with van der Waals surface area (Å²) in [7, 11) is 0. The van der Waals surface area contributed by atoms with E-state index in [9.17, 15) is 43.9 Å². The zero-order chi connectivity index (χ0) is 30.1. The van der Waals surface area contributed by atoms with E-state index in [-0.39, 0.29) is 36.8 Å². The Bertz CT molecular complexity index is 1360. The van der Waals surface area contributed by atoms with Gasteiger partial charge in [-0.2, -0.15) is 8.78 Å². The highest BCUT2D eigenvalue weighted by Gasteiger charge is 2.42. The molecular weight excluding hydrogens is 578 g/mol. The second kappa shape index (κ2) is 11.8. The quantitative estimate of drug-likeness (QED) is 0.244. The molecule has 1 aliphatic heterocycles. The van der Waals surface area contributed by atoms with E-state index in [1.807, 2.05) is 6.92 Å². The minimum absolute atomic E-state index is 0.0666. The Hall–Kier alpha value is -3.52. The third-order valence-corrected chi connectivity index (χ3v) is 6.00. The third-order valence-electron chi connectivity index (χ3n) is 6.00. The molecule has 0 aliphatic carbocycles. The highest BCUT2D eigenvalue weighted by Crippen LogP contribution is 2.40. The van der Waals surface area contributed by atoms with Gasteiger partial charge in [0.05, 0.1) is 18.8 Å². The van der Waals surface area contributed by atoms with Crippen LogP contribution in [0.4, 0.5) is 43.9 Å². The number of benzene rings is 3. The molecule has 0 unspecified atom stereocenters. The van der Waals surface area contributed by atoms with Crippen molar-refractivity contribution >= 4 is 0 Å². The van der Waals surface area contributed by atoms with Crippen molar-refractivity contribution in [1.82, 2.24) is 0 Å². The van der Waals surface area contributed by atoms with Gasteiger partial charge in [0.2, 0.25) is 0 Å². The molecule has 0 bridgehead atoms. The van der Waals surface area contributed by atoms with Crippen molar-refractivity contribution in [3.8, 4) is 22.6 Å². The Kier molecular flexibility index (Phi) is 8.73. The highest BCUT2D eigenvalue weighted by atomic mass is 19.4. The molecule has 1 fully saturated rings. The Morgan fingerprint density at radius 1 is 0.756 bits per heavy atom. The molecule has 0 spiro atoms. The molecule has 1 heterocycles. The van der Waals surface area contributed by atoms with E-state index in [4.69, 9.17) is 9.47 Å². The maximum Gasteiger partial charge on any atom is 0.573 e. The van der Waals surface area contributed by atoms with Gasteiger partial charge in [-0.3, -0.25) is 0 Å². The number of hydrogen-bond donors (Lipinski definition) is 0. The molecule has 0 N–H and O–H groups in total. The van der Waals surface area contributed by atoms with E-state index < -0.39 is 76.0 Å². The van der Waals surface area contributed by atoms with Gasteiger partial charge in [0, 0.05) is 23.6 Å². The summed E-state index contributed by atoms with van der Waals surface area (Å²) in [4.78, 5) is 0. The Labute approximate surface area is 226 Å². The number of alkyl halides is 5. The van der Waals surface area contributed by atoms with Crippen LogP contribution in [0.1, 0.15) is 37.2 Å². The molecule has 0 saturated carbocycles. The first kappa shape index (κ1) is 30.4. The van der Waals surface area contributed by atoms with Gasteiger partial charge in [-0.25, -0.2) is 22.0 Å². The van der Waals surface area contributed by atoms with Gasteiger partial charge in [-0.15, -0.1) is 13.2 Å². The standard InChI is InChI=1S/C27H20F10O4/c1-2-3-13-11-38-25(39-12-13)15-7-20(31)24(21(32)8-15)26(33,34)40-16-9-18(29)23(19(30)10-16)14-4-5-22(17(28)6-14)41-27(35,36)37/h4-10,13,25H,2-3,11-12H2,1H3. The van der Waals surface area contributed by atoms with Gasteiger partial charge in [-0.05, 0) is 36.2 Å². The molecular formula is C27H20F10O4. The van der Waals surface area contributed by atoms with Gasteiger partial charge in [-0.1, -0.05) is 19.4 Å². The molecule has 41 heavy (non-hydrogen) atoms. The maximum absolute atomic E-state index is 14.8. The maximum atomic E-state index is 14.8. The molecule has 1 aliphatic rings. The highest BCUT2D eigenvalue weighted by molar-refractivity contribution is 5.67. The number of halogens is 10. The van der Waals surface area contributed by atoms with E-state index in [1.165, 1.54) is 0 Å². The molecule has 0 aromatic heterocycles. The predicted molar refractivity (Wildman–Crippen MR) is 122 cm³/mol. The monoisotopic (exact) mass is 598 g/mol. The summed E-state index contributed by atoms with van der Waals surface area (Å²) in [6.45, 7) is 2.41. The summed E-state index contributed by atoms with van der Waals surface area (Å²) >= 11 is 0. The smallest absolute Gasteiger partial charge is 0.429 e. The van der Waals surface area contributed by atoms with E-state index in [2.05, 4.69) is 9.47 Å². The van der Waals surface area contributed by atoms with Crippen LogP contribution in [0.25, 0.3) is 11.1 Å². The molecule has 14 heteroatoms. The summed E-state index contributed by atoms with van der Waals surface area (Å²) in [5.41, 5.74) is -3.68. The summed E-state index contributed by atoms with van der Waals surface area (Å²) < 4.78 is 158. The zero-order valence-electron chi connectivity index (χ0n) is 20.9. The van der Waals surface area contributed by atoms with Crippen LogP contribution >= 0.6 is 0 Å². The average molecular weight is 598 g/mol. The van der Waals surface area contributed by atoms with Crippen molar-refractivity contribution in [3.63, 3.8) is 0 Å². The lowest BCUT2D eigenvalue weighted by molar-refractivity contribution is -0.275. The van der Waals surface area contributed by atoms with E-state index in [0.29, 0.717) is 30.3 Å². The molecule has 3 aromatic rings. The minimum atomic E-state index is -5.24. The fourth-order valence-corrected chi connectivity index (χ4v) is 4.26. The number of hydrogen-bond acceptors (Lipinski definition) is 4. The predicted octanol–water partition coefficient (Wildman–Crippen LogP) is 8.54. The molecule has 4 rings (SSSR count). The largest absolute Gasteiger partial charge is 0.573 e. The van der Waals surface area contributed by atoms with Crippen LogP contribution < -0.4 is 9.47 Å². The van der Waals surface area contributed by atoms with Crippen molar-refractivity contribution in [3.05, 3.63) is 82.7 Å². The lowest BCUT2D eigenvalue weighted by Crippen LogP contribution is -2.28. The first-order valence-corrected chi connectivity index (χ1v) is 12.0. The van der Waals surface area contributed by atoms with Gasteiger partial charge < -0.3 is 18.9 Å². The molecule has 0 radical (unpaired) electrons. The molecule has 1 saturated heterocycles. The molecule has 4 nitrogen and oxygen atoms in total. The first-order valence-electron chi connectivity index (χ1n) is 12.0. The number of ether oxygens (including phenoxy) is 4. The van der Waals surface area contributed by atoms with Crippen LogP contribution in [0.15, 0.2) is 42.5 Å². The summed E-state index contributed by atoms with van der Waals surface area (Å²) in [6.07, 6.45) is -9.56. The first-order chi connectivity index (χ1) is 19.2. The second-order valence-corrected chi connectivity index (χ2v) is 9.09. The van der Waals surface area contributed by atoms with Crippen LogP contribution in [0.5, 0.6) is 11.5 Å². The van der Waals surface area contributed by atoms with Crippen LogP contribution in [0, 0.1) is 35.0 Å². The van der Waals surface area contributed by atoms with Crippen molar-refractivity contribution in [2.45, 2.75) is 38.5 Å². The Morgan fingerprint density at radius 2 is 1.34 bits per heavy atom. The van der Waals surface area contributed by atoms with Gasteiger partial charge in [0.25, 0.3) is 0 Å². The van der Waals surface area contributed by atoms with E-state index in [1.54, 1.807) is 0 Å². The third kappa shape index (κ3) is 7.04. The van der Waals surface area contributed by atoms with Crippen LogP contribution in [0.2, 0.25) is 0 Å². The lowest BCUT2D eigenvalue weighted by atomic mass is 10.0. The van der Waals surface area contributed by atoms with Crippen LogP contribution in [-0.2, 0) is 15.6 Å². The number of rotatable bonds is 8. The van der Waals surface area contributed by atoms with Gasteiger partial charge >= 0.3 is 12.5 Å². The van der Waals surface area contributed by atoms with Crippen molar-refractivity contribution in [1.29, 1.82) is 0 Å². The molecule has 0 atom stereocenters. The Balaban J connectivity index is 1.55. The topological polar surface area (TPSA) is 36.9 Å². The zero-order valence-corrected chi connectivity index (χ0v) is 20.9. The van der Waals surface area contributed by atoms with E-state index >= 15 is 0 Å². The molecule has 0 amide bonds. The summed E-state index contributed by atoms with van der Waals surface area (Å²) in [6, 6.07) is 3.05. The average Bonchev–Trinajstić information content (AvgIpc) is 2.84. The van der Waals surface area contributed by atoms with Crippen LogP contribution in [-0.4, -0.2) is 19.6 Å². The summed E-state index contributed by atoms with van der Waals surface area (Å²) in [5, 5.41) is 0. The molecule has 222 valence electrons. The normalized spacial score (nSPS) is 17.9. The molecule has 3 aromatic carbocycles. The van der Waals surface area contributed by atoms with Crippen molar-refractivity contribution < 1.29 is 62.9 Å². The Morgan fingerprint density at radius 3 is 1.85 bits per heavy atom. The van der Waals surface area contributed by atoms with E-state index in [0.717, 1.165) is 12.8 Å². The van der Waals surface area contributed by atoms with Crippen LogP contribution in [0.3, 0.4) is 0 Å². The SMILES string of the molecule is CCCC1COC(c2cc(F)c(C(F)(F)Oc3cc(F)c(-c4ccc(OC(F)(F)F)c(F)c4)c(F)c3)c(F)c2)OC1. The summed E-state index contributed by atoms with van der Waals surface area (Å²) in [5.74, 6) is -10.7. The van der Waals surface area contributed by atoms with Gasteiger partial charge in [0.1, 0.15) is 34.6 Å². The van der Waals surface area contributed by atoms with Crippen molar-refractivity contribution in [2.24, 2.45) is 5.92 Å². The second-order valence-electron chi connectivity index (χ2n) is 9.09. The van der Waals surface area contributed by atoms with Gasteiger partial charge in [0.15, 0.2) is 17.9 Å². The fourth-order valence-electron chi connectivity index (χ4n) is 4.26. The minimum Gasteiger partial charge on any atom is -0.429 e. The van der Waals surface area contributed by atoms with Crippen molar-refractivity contribution in [2.75, 3.05) is 13.2 Å².